The smallest absolute Gasteiger partial charge is 0.0375 e. The summed E-state index contributed by atoms with van der Waals surface area (Å²) in [5, 5.41) is 0. The van der Waals surface area contributed by atoms with E-state index in [9.17, 15) is 0 Å². The third kappa shape index (κ3) is 2.18. The molecule has 2 heteroatoms. The second-order valence-electron chi connectivity index (χ2n) is 6.39. The maximum Gasteiger partial charge on any atom is 0.0375 e. The van der Waals surface area contributed by atoms with E-state index in [-0.39, 0.29) is 0 Å². The summed E-state index contributed by atoms with van der Waals surface area (Å²) in [5.74, 6) is 0. The third-order valence-corrected chi connectivity index (χ3v) is 5.34. The van der Waals surface area contributed by atoms with Crippen molar-refractivity contribution in [1.29, 1.82) is 0 Å². The molecule has 3 atom stereocenters. The van der Waals surface area contributed by atoms with Gasteiger partial charge in [0, 0.05) is 30.5 Å². The second kappa shape index (κ2) is 5.27. The van der Waals surface area contributed by atoms with Crippen LogP contribution in [0.15, 0.2) is 48.8 Å². The topological polar surface area (TPSA) is 16.1 Å². The zero-order chi connectivity index (χ0) is 14.2. The molecule has 0 radical (unpaired) electrons. The van der Waals surface area contributed by atoms with Crippen LogP contribution in [0.25, 0.3) is 0 Å². The van der Waals surface area contributed by atoms with Gasteiger partial charge in [-0.25, -0.2) is 0 Å². The minimum absolute atomic E-state index is 0.481. The Hall–Kier alpha value is -1.67. The zero-order valence-electron chi connectivity index (χ0n) is 12.6. The summed E-state index contributed by atoms with van der Waals surface area (Å²) in [6.45, 7) is 2.36. The van der Waals surface area contributed by atoms with Crippen molar-refractivity contribution in [3.05, 3.63) is 65.5 Å². The second-order valence-corrected chi connectivity index (χ2v) is 6.39. The monoisotopic (exact) mass is 278 g/mol. The van der Waals surface area contributed by atoms with Crippen LogP contribution in [0.5, 0.6) is 0 Å². The molecule has 4 rings (SSSR count). The Morgan fingerprint density at radius 3 is 2.81 bits per heavy atom. The summed E-state index contributed by atoms with van der Waals surface area (Å²) < 4.78 is 0. The average molecular weight is 278 g/mol. The number of benzene rings is 1. The first-order chi connectivity index (χ1) is 10.3. The van der Waals surface area contributed by atoms with Gasteiger partial charge in [-0.05, 0) is 55.4 Å². The first kappa shape index (κ1) is 13.0. The van der Waals surface area contributed by atoms with Crippen LogP contribution in [0.3, 0.4) is 0 Å². The molecular formula is C19H22N2. The van der Waals surface area contributed by atoms with Gasteiger partial charge >= 0.3 is 0 Å². The number of hydrogen-bond donors (Lipinski definition) is 0. The molecule has 0 N–H and O–H groups in total. The SMILES string of the molecule is C[C@H](c1ccccc1)N1[C@H]2CCc3ccncc3[C@@H]1CC2. The number of nitrogens with zero attached hydrogens (tertiary/aromatic N) is 2. The predicted molar refractivity (Wildman–Crippen MR) is 85.0 cm³/mol. The third-order valence-electron chi connectivity index (χ3n) is 5.34. The molecule has 0 aliphatic carbocycles. The fraction of sp³-hybridized carbons (Fsp3) is 0.421. The molecule has 1 aromatic heterocycles. The van der Waals surface area contributed by atoms with Crippen molar-refractivity contribution in [1.82, 2.24) is 9.88 Å². The van der Waals surface area contributed by atoms with E-state index in [4.69, 9.17) is 0 Å². The number of aryl methyl sites for hydroxylation is 1. The summed E-state index contributed by atoms with van der Waals surface area (Å²) in [4.78, 5) is 7.15. The van der Waals surface area contributed by atoms with Crippen LogP contribution in [-0.2, 0) is 6.42 Å². The molecule has 108 valence electrons. The van der Waals surface area contributed by atoms with Crippen LogP contribution in [-0.4, -0.2) is 15.9 Å². The molecular weight excluding hydrogens is 256 g/mol. The molecule has 3 heterocycles. The Kier molecular flexibility index (Phi) is 3.27. The van der Waals surface area contributed by atoms with Crippen molar-refractivity contribution >= 4 is 0 Å². The predicted octanol–water partition coefficient (Wildman–Crippen LogP) is 4.29. The molecule has 0 unspecified atom stereocenters. The van der Waals surface area contributed by atoms with Gasteiger partial charge in [-0.3, -0.25) is 9.88 Å². The van der Waals surface area contributed by atoms with Gasteiger partial charge in [0.2, 0.25) is 0 Å². The maximum absolute atomic E-state index is 4.40. The van der Waals surface area contributed by atoms with Gasteiger partial charge in [0.05, 0.1) is 0 Å². The zero-order valence-corrected chi connectivity index (χ0v) is 12.6. The van der Waals surface area contributed by atoms with Crippen molar-refractivity contribution in [2.45, 2.75) is 50.7 Å². The van der Waals surface area contributed by atoms with E-state index in [2.05, 4.69) is 59.4 Å². The van der Waals surface area contributed by atoms with E-state index < -0.39 is 0 Å². The van der Waals surface area contributed by atoms with Crippen molar-refractivity contribution in [2.75, 3.05) is 0 Å². The summed E-state index contributed by atoms with van der Waals surface area (Å²) >= 11 is 0. The van der Waals surface area contributed by atoms with Crippen LogP contribution < -0.4 is 0 Å². The lowest BCUT2D eigenvalue weighted by molar-refractivity contribution is 0.138. The molecule has 1 saturated heterocycles. The highest BCUT2D eigenvalue weighted by molar-refractivity contribution is 5.31. The average Bonchev–Trinajstić information content (AvgIpc) is 2.88. The lowest BCUT2D eigenvalue weighted by atomic mass is 9.95. The van der Waals surface area contributed by atoms with Gasteiger partial charge in [-0.1, -0.05) is 30.3 Å². The highest BCUT2D eigenvalue weighted by atomic mass is 15.2. The van der Waals surface area contributed by atoms with E-state index in [1.807, 2.05) is 6.20 Å². The fourth-order valence-corrected chi connectivity index (χ4v) is 4.29. The van der Waals surface area contributed by atoms with Gasteiger partial charge in [0.15, 0.2) is 0 Å². The summed E-state index contributed by atoms with van der Waals surface area (Å²) in [6, 6.07) is 14.9. The quantitative estimate of drug-likeness (QED) is 0.814. The first-order valence-electron chi connectivity index (χ1n) is 8.10. The van der Waals surface area contributed by atoms with Crippen LogP contribution in [0.2, 0.25) is 0 Å². The molecule has 2 bridgehead atoms. The van der Waals surface area contributed by atoms with Crippen molar-refractivity contribution in [2.24, 2.45) is 0 Å². The highest BCUT2D eigenvalue weighted by Gasteiger charge is 2.40. The van der Waals surface area contributed by atoms with Crippen molar-refractivity contribution in [3.63, 3.8) is 0 Å². The minimum atomic E-state index is 0.481. The molecule has 2 aromatic rings. The molecule has 1 fully saturated rings. The molecule has 21 heavy (non-hydrogen) atoms. The van der Waals surface area contributed by atoms with Gasteiger partial charge in [0.1, 0.15) is 0 Å². The standard InChI is InChI=1S/C19H22N2/c1-14(15-5-3-2-4-6-15)21-17-8-7-16-11-12-20-13-18(16)19(21)10-9-17/h2-6,11-14,17,19H,7-10H2,1H3/t14-,17+,19+/m1/s1. The Labute approximate surface area is 126 Å². The molecule has 0 amide bonds. The Morgan fingerprint density at radius 1 is 1.10 bits per heavy atom. The lowest BCUT2D eigenvalue weighted by Crippen LogP contribution is -2.33. The maximum atomic E-state index is 4.40. The molecule has 1 aromatic carbocycles. The number of rotatable bonds is 2. The Morgan fingerprint density at radius 2 is 1.95 bits per heavy atom. The molecule has 0 saturated carbocycles. The van der Waals surface area contributed by atoms with Crippen LogP contribution in [0.1, 0.15) is 55.0 Å². The van der Waals surface area contributed by atoms with E-state index in [0.717, 1.165) is 6.04 Å². The van der Waals surface area contributed by atoms with E-state index in [1.165, 1.54) is 42.4 Å². The summed E-state index contributed by atoms with van der Waals surface area (Å²) in [6.07, 6.45) is 9.15. The largest absolute Gasteiger partial charge is 0.287 e. The van der Waals surface area contributed by atoms with Crippen LogP contribution in [0, 0.1) is 0 Å². The van der Waals surface area contributed by atoms with Crippen LogP contribution >= 0.6 is 0 Å². The van der Waals surface area contributed by atoms with Gasteiger partial charge in [-0.2, -0.15) is 0 Å². The van der Waals surface area contributed by atoms with Gasteiger partial charge in [-0.15, -0.1) is 0 Å². The number of pyridine rings is 1. The number of fused-ring (bicyclic) bond motifs is 4. The first-order valence-corrected chi connectivity index (χ1v) is 8.10. The fourth-order valence-electron chi connectivity index (χ4n) is 4.29. The minimum Gasteiger partial charge on any atom is -0.287 e. The molecule has 2 nitrogen and oxygen atoms in total. The van der Waals surface area contributed by atoms with Crippen molar-refractivity contribution in [3.8, 4) is 0 Å². The van der Waals surface area contributed by atoms with E-state index in [1.54, 1.807) is 0 Å². The molecule has 0 spiro atoms. The normalized spacial score (nSPS) is 26.1. The lowest BCUT2D eigenvalue weighted by Gasteiger charge is -2.34. The summed E-state index contributed by atoms with van der Waals surface area (Å²) in [5.41, 5.74) is 4.42. The van der Waals surface area contributed by atoms with Crippen LogP contribution in [0.4, 0.5) is 0 Å². The highest BCUT2D eigenvalue weighted by Crippen LogP contribution is 2.46. The van der Waals surface area contributed by atoms with Gasteiger partial charge < -0.3 is 0 Å². The van der Waals surface area contributed by atoms with Crippen molar-refractivity contribution < 1.29 is 0 Å². The van der Waals surface area contributed by atoms with E-state index >= 15 is 0 Å². The molecule has 2 aliphatic rings. The number of aromatic nitrogens is 1. The molecule has 2 aliphatic heterocycles. The Balaban J connectivity index is 1.73. The van der Waals surface area contributed by atoms with Gasteiger partial charge in [0.25, 0.3) is 0 Å². The van der Waals surface area contributed by atoms with E-state index in [0.29, 0.717) is 12.1 Å². The summed E-state index contributed by atoms with van der Waals surface area (Å²) in [7, 11) is 0. The Bertz CT molecular complexity index is 622. The number of hydrogen-bond acceptors (Lipinski definition) is 2.